The van der Waals surface area contributed by atoms with Crippen LogP contribution in [0, 0.1) is 0 Å². The van der Waals surface area contributed by atoms with E-state index in [1.807, 2.05) is 29.6 Å². The molecule has 2 fully saturated rings. The van der Waals surface area contributed by atoms with Gasteiger partial charge in [-0.05, 0) is 12.5 Å². The largest absolute Gasteiger partial charge is 0.380 e. The van der Waals surface area contributed by atoms with Crippen molar-refractivity contribution in [2.75, 3.05) is 25.5 Å². The van der Waals surface area contributed by atoms with Gasteiger partial charge in [-0.1, -0.05) is 18.2 Å². The minimum Gasteiger partial charge on any atom is -0.380 e. The lowest BCUT2D eigenvalue weighted by Gasteiger charge is -2.43. The number of sulfone groups is 1. The number of hydrogen-bond acceptors (Lipinski definition) is 5. The summed E-state index contributed by atoms with van der Waals surface area (Å²) in [4.78, 5) is 14.8. The lowest BCUT2D eigenvalue weighted by molar-refractivity contribution is 0.0295. The van der Waals surface area contributed by atoms with E-state index in [4.69, 9.17) is 4.74 Å². The predicted octanol–water partition coefficient (Wildman–Crippen LogP) is 1.93. The Labute approximate surface area is 138 Å². The van der Waals surface area contributed by atoms with Crippen LogP contribution in [0.4, 0.5) is 0 Å². The van der Waals surface area contributed by atoms with Crippen molar-refractivity contribution in [1.29, 1.82) is 0 Å². The molecule has 2 aromatic rings. The highest BCUT2D eigenvalue weighted by molar-refractivity contribution is 7.92. The molecule has 1 aromatic carbocycles. The van der Waals surface area contributed by atoms with Crippen molar-refractivity contribution < 1.29 is 17.9 Å². The number of carbonyl (C=O) groups excluding carboxylic acids is 1. The molecule has 3 heterocycles. The molecule has 0 saturated carbocycles. The fourth-order valence-corrected chi connectivity index (χ4v) is 6.25. The Morgan fingerprint density at radius 1 is 1.30 bits per heavy atom. The molecule has 7 heteroatoms. The third kappa shape index (κ3) is 2.47. The van der Waals surface area contributed by atoms with Crippen molar-refractivity contribution in [3.05, 3.63) is 35.2 Å². The van der Waals surface area contributed by atoms with E-state index >= 15 is 0 Å². The molecular formula is C16H17NO4S2. The lowest BCUT2D eigenvalue weighted by Crippen LogP contribution is -2.60. The number of benzene rings is 1. The first kappa shape index (κ1) is 15.1. The Bertz CT molecular complexity index is 858. The van der Waals surface area contributed by atoms with Crippen molar-refractivity contribution in [1.82, 2.24) is 4.90 Å². The van der Waals surface area contributed by atoms with Crippen LogP contribution in [0.1, 0.15) is 16.8 Å². The number of carbonyl (C=O) groups is 1. The molecule has 0 radical (unpaired) electrons. The normalized spacial score (nSPS) is 26.9. The number of fused-ring (bicyclic) bond motifs is 2. The molecule has 0 bridgehead atoms. The molecule has 5 nitrogen and oxygen atoms in total. The maximum atomic E-state index is 13.0. The van der Waals surface area contributed by atoms with Crippen molar-refractivity contribution >= 4 is 37.2 Å². The fraction of sp³-hybridized carbons (Fsp3) is 0.438. The summed E-state index contributed by atoms with van der Waals surface area (Å²) in [5, 5.41) is 2.24. The fourth-order valence-electron chi connectivity index (χ4n) is 3.49. The molecule has 2 aliphatic rings. The summed E-state index contributed by atoms with van der Waals surface area (Å²) in [6, 6.07) is 7.54. The van der Waals surface area contributed by atoms with Crippen LogP contribution in [0.15, 0.2) is 29.6 Å². The van der Waals surface area contributed by atoms with E-state index in [0.717, 1.165) is 10.1 Å². The quantitative estimate of drug-likeness (QED) is 0.788. The average Bonchev–Trinajstić information content (AvgIpc) is 2.99. The van der Waals surface area contributed by atoms with Crippen LogP contribution < -0.4 is 0 Å². The molecule has 2 atom stereocenters. The Hall–Kier alpha value is -1.44. The van der Waals surface area contributed by atoms with Gasteiger partial charge >= 0.3 is 0 Å². The van der Waals surface area contributed by atoms with Gasteiger partial charge in [0.2, 0.25) is 0 Å². The summed E-state index contributed by atoms with van der Waals surface area (Å²) >= 11 is 1.54. The molecule has 2 saturated heterocycles. The van der Waals surface area contributed by atoms with Gasteiger partial charge in [-0.3, -0.25) is 4.79 Å². The first-order chi connectivity index (χ1) is 11.1. The second kappa shape index (κ2) is 5.58. The number of ether oxygens (including phenoxy) is 1. The van der Waals surface area contributed by atoms with Crippen LogP contribution in [-0.2, 0) is 14.6 Å². The van der Waals surface area contributed by atoms with Crippen LogP contribution >= 0.6 is 11.3 Å². The van der Waals surface area contributed by atoms with E-state index in [1.165, 1.54) is 0 Å². The van der Waals surface area contributed by atoms with E-state index in [2.05, 4.69) is 0 Å². The van der Waals surface area contributed by atoms with E-state index in [0.29, 0.717) is 18.6 Å². The topological polar surface area (TPSA) is 63.7 Å². The molecule has 0 spiro atoms. The molecule has 0 aliphatic carbocycles. The second-order valence-electron chi connectivity index (χ2n) is 5.98. The molecule has 4 rings (SSSR count). The molecule has 2 aliphatic heterocycles. The summed E-state index contributed by atoms with van der Waals surface area (Å²) in [6.07, 6.45) is 0.581. The summed E-state index contributed by atoms with van der Waals surface area (Å²) in [5.74, 6) is -0.0417. The van der Waals surface area contributed by atoms with Gasteiger partial charge in [0.15, 0.2) is 9.84 Å². The van der Waals surface area contributed by atoms with Crippen LogP contribution in [-0.4, -0.2) is 56.0 Å². The number of amides is 1. The van der Waals surface area contributed by atoms with Gasteiger partial charge in [0, 0.05) is 28.6 Å². The third-order valence-corrected chi connectivity index (χ3v) is 7.81. The molecule has 122 valence electrons. The summed E-state index contributed by atoms with van der Waals surface area (Å²) in [7, 11) is -3.18. The van der Waals surface area contributed by atoms with E-state index in [1.54, 1.807) is 16.2 Å². The van der Waals surface area contributed by atoms with Crippen LogP contribution in [0.25, 0.3) is 10.1 Å². The third-order valence-electron chi connectivity index (χ3n) is 4.72. The smallest absolute Gasteiger partial charge is 0.255 e. The Balaban J connectivity index is 1.71. The SMILES string of the molecule is O=C(c1csc2ccccc12)N1CCS(=O)(=O)[C@@H]2COCC[C@H]21. The van der Waals surface area contributed by atoms with E-state index in [9.17, 15) is 13.2 Å². The van der Waals surface area contributed by atoms with E-state index < -0.39 is 15.1 Å². The average molecular weight is 351 g/mol. The van der Waals surface area contributed by atoms with Crippen LogP contribution in [0.3, 0.4) is 0 Å². The van der Waals surface area contributed by atoms with Crippen molar-refractivity contribution in [3.8, 4) is 0 Å². The van der Waals surface area contributed by atoms with Gasteiger partial charge in [-0.25, -0.2) is 8.42 Å². The van der Waals surface area contributed by atoms with Crippen molar-refractivity contribution in [2.45, 2.75) is 17.7 Å². The summed E-state index contributed by atoms with van der Waals surface area (Å²) < 4.78 is 31.0. The van der Waals surface area contributed by atoms with Crippen LogP contribution in [0.2, 0.25) is 0 Å². The zero-order valence-corrected chi connectivity index (χ0v) is 14.1. The highest BCUT2D eigenvalue weighted by atomic mass is 32.2. The maximum Gasteiger partial charge on any atom is 0.255 e. The number of nitrogens with zero attached hydrogens (tertiary/aromatic N) is 1. The second-order valence-corrected chi connectivity index (χ2v) is 9.23. The highest BCUT2D eigenvalue weighted by Crippen LogP contribution is 2.31. The van der Waals surface area contributed by atoms with E-state index in [-0.39, 0.29) is 30.9 Å². The minimum absolute atomic E-state index is 0.0192. The zero-order chi connectivity index (χ0) is 16.0. The monoisotopic (exact) mass is 351 g/mol. The number of hydrogen-bond donors (Lipinski definition) is 0. The molecule has 23 heavy (non-hydrogen) atoms. The van der Waals surface area contributed by atoms with Gasteiger partial charge in [0.05, 0.1) is 24.0 Å². The van der Waals surface area contributed by atoms with Gasteiger partial charge in [-0.15, -0.1) is 11.3 Å². The summed E-state index contributed by atoms with van der Waals surface area (Å²) in [6.45, 7) is 0.971. The van der Waals surface area contributed by atoms with Gasteiger partial charge in [0.1, 0.15) is 5.25 Å². The first-order valence-corrected chi connectivity index (χ1v) is 10.2. The first-order valence-electron chi connectivity index (χ1n) is 7.64. The number of rotatable bonds is 1. The predicted molar refractivity (Wildman–Crippen MR) is 89.7 cm³/mol. The van der Waals surface area contributed by atoms with Crippen LogP contribution in [0.5, 0.6) is 0 Å². The maximum absolute atomic E-state index is 13.0. The Kier molecular flexibility index (Phi) is 3.66. The standard InChI is InChI=1S/C16H17NO4S2/c18-16(12-10-22-14-4-2-1-3-11(12)14)17-6-8-23(19,20)15-9-21-7-5-13(15)17/h1-4,10,13,15H,5-9H2/t13-,15-/m1/s1. The number of thiophene rings is 1. The van der Waals surface area contributed by atoms with Crippen molar-refractivity contribution in [3.63, 3.8) is 0 Å². The Morgan fingerprint density at radius 2 is 2.13 bits per heavy atom. The summed E-state index contributed by atoms with van der Waals surface area (Å²) in [5.41, 5.74) is 0.676. The minimum atomic E-state index is -3.18. The lowest BCUT2D eigenvalue weighted by atomic mass is 10.0. The highest BCUT2D eigenvalue weighted by Gasteiger charge is 2.45. The van der Waals surface area contributed by atoms with Gasteiger partial charge in [-0.2, -0.15) is 0 Å². The molecular weight excluding hydrogens is 334 g/mol. The van der Waals surface area contributed by atoms with Gasteiger partial charge < -0.3 is 9.64 Å². The van der Waals surface area contributed by atoms with Gasteiger partial charge in [0.25, 0.3) is 5.91 Å². The molecule has 0 N–H and O–H groups in total. The van der Waals surface area contributed by atoms with Crippen molar-refractivity contribution in [2.24, 2.45) is 0 Å². The molecule has 0 unspecified atom stereocenters. The molecule has 1 aromatic heterocycles. The zero-order valence-electron chi connectivity index (χ0n) is 12.5. The molecule has 1 amide bonds. The Morgan fingerprint density at radius 3 is 3.00 bits per heavy atom.